The number of anilines is 2. The van der Waals surface area contributed by atoms with E-state index in [-0.39, 0.29) is 0 Å². The Morgan fingerprint density at radius 2 is 1.94 bits per heavy atom. The quantitative estimate of drug-likeness (QED) is 0.814. The first-order valence-electron chi connectivity index (χ1n) is 5.68. The number of hydrogen-bond acceptors (Lipinski definition) is 2. The molecule has 0 atom stereocenters. The van der Waals surface area contributed by atoms with E-state index in [1.54, 1.807) is 0 Å². The summed E-state index contributed by atoms with van der Waals surface area (Å²) in [5.41, 5.74) is 10.3. The van der Waals surface area contributed by atoms with Gasteiger partial charge in [-0.1, -0.05) is 30.3 Å². The monoisotopic (exact) mass is 225 g/mol. The van der Waals surface area contributed by atoms with Crippen LogP contribution in [0.3, 0.4) is 0 Å². The van der Waals surface area contributed by atoms with Gasteiger partial charge in [0.15, 0.2) is 0 Å². The molecule has 17 heavy (non-hydrogen) atoms. The summed E-state index contributed by atoms with van der Waals surface area (Å²) < 4.78 is 0. The third-order valence-electron chi connectivity index (χ3n) is 2.78. The molecule has 2 N–H and O–H groups in total. The second kappa shape index (κ2) is 4.91. The second-order valence-corrected chi connectivity index (χ2v) is 4.35. The zero-order valence-electron chi connectivity index (χ0n) is 10.3. The molecule has 2 nitrogen and oxygen atoms in total. The lowest BCUT2D eigenvalue weighted by molar-refractivity contribution is 1.11. The highest BCUT2D eigenvalue weighted by Crippen LogP contribution is 2.19. The average molecular weight is 225 g/mol. The maximum atomic E-state index is 5.95. The van der Waals surface area contributed by atoms with Crippen LogP contribution in [0.1, 0.15) is 11.1 Å². The Kier molecular flexibility index (Phi) is 3.33. The Balaban J connectivity index is 2.25. The molecule has 0 saturated heterocycles. The molecular formula is C15H17N2. The van der Waals surface area contributed by atoms with Crippen LogP contribution >= 0.6 is 0 Å². The zero-order valence-corrected chi connectivity index (χ0v) is 10.3. The van der Waals surface area contributed by atoms with E-state index < -0.39 is 0 Å². The van der Waals surface area contributed by atoms with Gasteiger partial charge in [0, 0.05) is 31.5 Å². The minimum atomic E-state index is 0.853. The summed E-state index contributed by atoms with van der Waals surface area (Å²) in [4.78, 5) is 2.05. The Bertz CT molecular complexity index is 504. The van der Waals surface area contributed by atoms with Crippen LogP contribution < -0.4 is 10.6 Å². The number of hydrogen-bond donors (Lipinski definition) is 1. The first-order valence-corrected chi connectivity index (χ1v) is 5.68. The van der Waals surface area contributed by atoms with Crippen molar-refractivity contribution in [2.45, 2.75) is 6.42 Å². The van der Waals surface area contributed by atoms with E-state index in [0.717, 1.165) is 17.8 Å². The van der Waals surface area contributed by atoms with E-state index in [1.807, 2.05) is 38.4 Å². The fourth-order valence-corrected chi connectivity index (χ4v) is 1.78. The lowest BCUT2D eigenvalue weighted by Gasteiger charge is -2.13. The number of para-hydroxylation sites is 1. The van der Waals surface area contributed by atoms with E-state index in [4.69, 9.17) is 5.73 Å². The molecule has 0 aliphatic carbocycles. The summed E-state index contributed by atoms with van der Waals surface area (Å²) in [6.45, 7) is 0. The van der Waals surface area contributed by atoms with Crippen molar-refractivity contribution in [3.05, 3.63) is 59.7 Å². The summed E-state index contributed by atoms with van der Waals surface area (Å²) in [6, 6.07) is 17.4. The lowest BCUT2D eigenvalue weighted by Crippen LogP contribution is -2.09. The number of rotatable bonds is 3. The average Bonchev–Trinajstić information content (AvgIpc) is 2.32. The van der Waals surface area contributed by atoms with E-state index >= 15 is 0 Å². The van der Waals surface area contributed by atoms with Gasteiger partial charge in [0.25, 0.3) is 0 Å². The van der Waals surface area contributed by atoms with Crippen molar-refractivity contribution in [3.8, 4) is 0 Å². The molecular weight excluding hydrogens is 208 g/mol. The molecule has 0 saturated carbocycles. The van der Waals surface area contributed by atoms with E-state index in [0.29, 0.717) is 0 Å². The van der Waals surface area contributed by atoms with Crippen LogP contribution in [0.15, 0.2) is 42.5 Å². The molecule has 0 aliphatic heterocycles. The Labute approximate surface area is 103 Å². The van der Waals surface area contributed by atoms with Crippen LogP contribution in [0.5, 0.6) is 0 Å². The van der Waals surface area contributed by atoms with Gasteiger partial charge in [-0.25, -0.2) is 0 Å². The standard InChI is InChI=1S/C15H17N2/c1-17(2)14-8-5-6-12(11-14)10-13-7-3-4-9-15(13)16/h3-7,9,11H,10,16H2,1-2H3. The molecule has 0 spiro atoms. The van der Waals surface area contributed by atoms with Crippen molar-refractivity contribution in [2.75, 3.05) is 24.7 Å². The molecule has 0 bridgehead atoms. The molecule has 0 aromatic heterocycles. The minimum absolute atomic E-state index is 0.853. The number of nitrogen functional groups attached to an aromatic ring is 1. The number of nitrogens with two attached hydrogens (primary N) is 1. The van der Waals surface area contributed by atoms with Gasteiger partial charge >= 0.3 is 0 Å². The zero-order chi connectivity index (χ0) is 12.3. The van der Waals surface area contributed by atoms with Crippen LogP contribution in [-0.2, 0) is 6.42 Å². The maximum Gasteiger partial charge on any atom is 0.0444 e. The van der Waals surface area contributed by atoms with E-state index in [9.17, 15) is 0 Å². The van der Waals surface area contributed by atoms with Gasteiger partial charge in [0.2, 0.25) is 0 Å². The van der Waals surface area contributed by atoms with Gasteiger partial charge < -0.3 is 10.6 Å². The third-order valence-corrected chi connectivity index (χ3v) is 2.78. The minimum Gasteiger partial charge on any atom is -0.398 e. The predicted molar refractivity (Wildman–Crippen MR) is 73.3 cm³/mol. The van der Waals surface area contributed by atoms with Crippen molar-refractivity contribution in [2.24, 2.45) is 0 Å². The maximum absolute atomic E-state index is 5.95. The van der Waals surface area contributed by atoms with Gasteiger partial charge in [-0.2, -0.15) is 0 Å². The van der Waals surface area contributed by atoms with Crippen LogP contribution in [0.4, 0.5) is 11.4 Å². The number of nitrogens with zero attached hydrogens (tertiary/aromatic N) is 1. The molecule has 0 fully saturated rings. The molecule has 87 valence electrons. The van der Waals surface area contributed by atoms with Crippen LogP contribution in [-0.4, -0.2) is 14.1 Å². The highest BCUT2D eigenvalue weighted by molar-refractivity contribution is 5.51. The van der Waals surface area contributed by atoms with Crippen LogP contribution in [0.25, 0.3) is 0 Å². The highest BCUT2D eigenvalue weighted by atomic mass is 15.1. The van der Waals surface area contributed by atoms with Crippen molar-refractivity contribution >= 4 is 11.4 Å². The molecule has 0 aliphatic rings. The molecule has 0 amide bonds. The molecule has 0 unspecified atom stereocenters. The summed E-state index contributed by atoms with van der Waals surface area (Å²) >= 11 is 0. The first kappa shape index (κ1) is 11.5. The second-order valence-electron chi connectivity index (χ2n) is 4.35. The summed E-state index contributed by atoms with van der Waals surface area (Å²) in [7, 11) is 4.04. The van der Waals surface area contributed by atoms with Gasteiger partial charge in [-0.15, -0.1) is 0 Å². The van der Waals surface area contributed by atoms with Crippen LogP contribution in [0.2, 0.25) is 0 Å². The molecule has 0 heterocycles. The van der Waals surface area contributed by atoms with E-state index in [1.165, 1.54) is 11.1 Å². The normalized spacial score (nSPS) is 10.2. The van der Waals surface area contributed by atoms with E-state index in [2.05, 4.69) is 29.2 Å². The van der Waals surface area contributed by atoms with Crippen molar-refractivity contribution in [3.63, 3.8) is 0 Å². The largest absolute Gasteiger partial charge is 0.398 e. The fourth-order valence-electron chi connectivity index (χ4n) is 1.78. The number of benzene rings is 2. The third kappa shape index (κ3) is 2.78. The molecule has 2 aromatic carbocycles. The Morgan fingerprint density at radius 3 is 2.65 bits per heavy atom. The van der Waals surface area contributed by atoms with Gasteiger partial charge in [0.05, 0.1) is 0 Å². The summed E-state index contributed by atoms with van der Waals surface area (Å²) in [5.74, 6) is 0. The van der Waals surface area contributed by atoms with Gasteiger partial charge in [-0.05, 0) is 29.7 Å². The van der Waals surface area contributed by atoms with Crippen molar-refractivity contribution in [1.82, 2.24) is 0 Å². The smallest absolute Gasteiger partial charge is 0.0444 e. The lowest BCUT2D eigenvalue weighted by atomic mass is 10.0. The van der Waals surface area contributed by atoms with Crippen LogP contribution in [0, 0.1) is 6.07 Å². The van der Waals surface area contributed by atoms with Crippen molar-refractivity contribution < 1.29 is 0 Å². The summed E-state index contributed by atoms with van der Waals surface area (Å²) in [6.07, 6.45) is 0.863. The fraction of sp³-hybridized carbons (Fsp3) is 0.200. The Morgan fingerprint density at radius 1 is 1.18 bits per heavy atom. The van der Waals surface area contributed by atoms with Crippen molar-refractivity contribution in [1.29, 1.82) is 0 Å². The first-order chi connectivity index (χ1) is 8.16. The highest BCUT2D eigenvalue weighted by Gasteiger charge is 2.02. The molecule has 2 rings (SSSR count). The predicted octanol–water partition coefficient (Wildman–Crippen LogP) is 2.73. The molecule has 1 radical (unpaired) electrons. The van der Waals surface area contributed by atoms with Gasteiger partial charge in [0.1, 0.15) is 0 Å². The Hall–Kier alpha value is -1.96. The topological polar surface area (TPSA) is 29.3 Å². The SMILES string of the molecule is CN(C)c1[c]ccc(Cc2ccccc2N)c1. The molecule has 2 aromatic rings. The molecule has 2 heteroatoms. The van der Waals surface area contributed by atoms with Gasteiger partial charge in [-0.3, -0.25) is 0 Å². The summed E-state index contributed by atoms with van der Waals surface area (Å²) in [5, 5.41) is 0.